The highest BCUT2D eigenvalue weighted by Crippen LogP contribution is 2.28. The van der Waals surface area contributed by atoms with Crippen molar-refractivity contribution in [3.05, 3.63) is 0 Å². The van der Waals surface area contributed by atoms with Gasteiger partial charge in [0.2, 0.25) is 5.91 Å². The Kier molecular flexibility index (Phi) is 4.59. The molecule has 2 saturated heterocycles. The van der Waals surface area contributed by atoms with Crippen LogP contribution in [0.2, 0.25) is 0 Å². The molecule has 104 valence electrons. The maximum atomic E-state index is 12.0. The average Bonchev–Trinajstić information content (AvgIpc) is 2.38. The summed E-state index contributed by atoms with van der Waals surface area (Å²) in [4.78, 5) is 12.0. The predicted octanol–water partition coefficient (Wildman–Crippen LogP) is -0.131. The third kappa shape index (κ3) is 3.67. The van der Waals surface area contributed by atoms with Crippen LogP contribution in [0, 0.1) is 5.41 Å². The molecule has 2 atom stereocenters. The molecule has 0 bridgehead atoms. The molecule has 2 unspecified atom stereocenters. The van der Waals surface area contributed by atoms with E-state index in [-0.39, 0.29) is 17.4 Å². The smallest absolute Gasteiger partial charge is 0.238 e. The van der Waals surface area contributed by atoms with Crippen molar-refractivity contribution in [1.29, 1.82) is 0 Å². The fourth-order valence-corrected chi connectivity index (χ4v) is 2.43. The van der Waals surface area contributed by atoms with E-state index in [9.17, 15) is 4.79 Å². The van der Waals surface area contributed by atoms with Crippen LogP contribution in [0.15, 0.2) is 0 Å². The zero-order chi connectivity index (χ0) is 13.0. The second-order valence-electron chi connectivity index (χ2n) is 5.91. The lowest BCUT2D eigenvalue weighted by Crippen LogP contribution is -2.59. The quantitative estimate of drug-likeness (QED) is 0.657. The van der Waals surface area contributed by atoms with E-state index in [1.54, 1.807) is 0 Å². The summed E-state index contributed by atoms with van der Waals surface area (Å²) >= 11 is 0. The summed E-state index contributed by atoms with van der Waals surface area (Å²) < 4.78 is 5.36. The SMILES string of the molecule is CC1CNC(C(=O)NCC2(C)CCOCC2)CN1. The minimum Gasteiger partial charge on any atom is -0.381 e. The Balaban J connectivity index is 1.74. The number of ether oxygens (including phenoxy) is 1. The molecule has 5 heteroatoms. The molecule has 1 amide bonds. The van der Waals surface area contributed by atoms with Gasteiger partial charge < -0.3 is 20.7 Å². The molecule has 0 aromatic carbocycles. The van der Waals surface area contributed by atoms with Gasteiger partial charge in [0, 0.05) is 38.9 Å². The molecule has 2 rings (SSSR count). The highest BCUT2D eigenvalue weighted by atomic mass is 16.5. The highest BCUT2D eigenvalue weighted by Gasteiger charge is 2.29. The molecule has 0 aliphatic carbocycles. The fraction of sp³-hybridized carbons (Fsp3) is 0.923. The molecule has 0 radical (unpaired) electrons. The van der Waals surface area contributed by atoms with Gasteiger partial charge in [0.15, 0.2) is 0 Å². The number of hydrogen-bond donors (Lipinski definition) is 3. The molecule has 0 spiro atoms. The monoisotopic (exact) mass is 255 g/mol. The minimum absolute atomic E-state index is 0.0929. The first-order chi connectivity index (χ1) is 8.59. The first-order valence-electron chi connectivity index (χ1n) is 6.91. The van der Waals surface area contributed by atoms with Gasteiger partial charge in [-0.1, -0.05) is 6.92 Å². The summed E-state index contributed by atoms with van der Waals surface area (Å²) in [6, 6.07) is 0.353. The van der Waals surface area contributed by atoms with Crippen LogP contribution in [0.1, 0.15) is 26.7 Å². The van der Waals surface area contributed by atoms with Gasteiger partial charge in [-0.2, -0.15) is 0 Å². The molecule has 3 N–H and O–H groups in total. The molecule has 2 aliphatic rings. The predicted molar refractivity (Wildman–Crippen MR) is 70.4 cm³/mol. The second-order valence-corrected chi connectivity index (χ2v) is 5.91. The number of carbonyl (C=O) groups excluding carboxylic acids is 1. The Morgan fingerprint density at radius 1 is 1.33 bits per heavy atom. The normalized spacial score (nSPS) is 31.9. The van der Waals surface area contributed by atoms with Gasteiger partial charge in [0.05, 0.1) is 6.04 Å². The molecule has 0 saturated carbocycles. The standard InChI is InChI=1S/C13H25N3O2/c1-10-7-15-11(8-14-10)12(17)16-9-13(2)3-5-18-6-4-13/h10-11,14-15H,3-9H2,1-2H3,(H,16,17). The number of rotatable bonds is 3. The van der Waals surface area contributed by atoms with Crippen molar-refractivity contribution in [3.63, 3.8) is 0 Å². The van der Waals surface area contributed by atoms with Crippen molar-refractivity contribution < 1.29 is 9.53 Å². The van der Waals surface area contributed by atoms with Crippen LogP contribution in [0.4, 0.5) is 0 Å². The first-order valence-corrected chi connectivity index (χ1v) is 6.91. The largest absolute Gasteiger partial charge is 0.381 e. The van der Waals surface area contributed by atoms with Gasteiger partial charge in [-0.25, -0.2) is 0 Å². The van der Waals surface area contributed by atoms with Gasteiger partial charge in [0.1, 0.15) is 0 Å². The Morgan fingerprint density at radius 2 is 2.06 bits per heavy atom. The molecule has 2 heterocycles. The number of piperazine rings is 1. The van der Waals surface area contributed by atoms with Gasteiger partial charge in [0.25, 0.3) is 0 Å². The van der Waals surface area contributed by atoms with E-state index in [4.69, 9.17) is 4.74 Å². The van der Waals surface area contributed by atoms with Crippen LogP contribution >= 0.6 is 0 Å². The molecular weight excluding hydrogens is 230 g/mol. The van der Waals surface area contributed by atoms with Crippen molar-refractivity contribution in [2.45, 2.75) is 38.8 Å². The molecule has 0 aromatic heterocycles. The molecule has 2 aliphatic heterocycles. The Bertz CT molecular complexity index is 282. The van der Waals surface area contributed by atoms with E-state index in [2.05, 4.69) is 29.8 Å². The summed E-state index contributed by atoms with van der Waals surface area (Å²) in [6.07, 6.45) is 2.06. The van der Waals surface area contributed by atoms with Crippen LogP contribution in [-0.2, 0) is 9.53 Å². The van der Waals surface area contributed by atoms with Gasteiger partial charge >= 0.3 is 0 Å². The Labute approximate surface area is 109 Å². The van der Waals surface area contributed by atoms with Crippen LogP contribution in [0.25, 0.3) is 0 Å². The van der Waals surface area contributed by atoms with E-state index in [0.717, 1.165) is 39.1 Å². The average molecular weight is 255 g/mol. The fourth-order valence-electron chi connectivity index (χ4n) is 2.43. The third-order valence-corrected chi connectivity index (χ3v) is 4.05. The van der Waals surface area contributed by atoms with Crippen molar-refractivity contribution in [1.82, 2.24) is 16.0 Å². The zero-order valence-electron chi connectivity index (χ0n) is 11.4. The summed E-state index contributed by atoms with van der Waals surface area (Å²) in [5, 5.41) is 9.67. The second kappa shape index (κ2) is 5.99. The maximum Gasteiger partial charge on any atom is 0.238 e. The van der Waals surface area contributed by atoms with Crippen LogP contribution in [0.3, 0.4) is 0 Å². The summed E-state index contributed by atoms with van der Waals surface area (Å²) in [7, 11) is 0. The maximum absolute atomic E-state index is 12.0. The molecule has 18 heavy (non-hydrogen) atoms. The number of hydrogen-bond acceptors (Lipinski definition) is 4. The van der Waals surface area contributed by atoms with E-state index in [1.165, 1.54) is 0 Å². The third-order valence-electron chi connectivity index (χ3n) is 4.05. The number of amides is 1. The highest BCUT2D eigenvalue weighted by molar-refractivity contribution is 5.82. The van der Waals surface area contributed by atoms with Crippen molar-refractivity contribution >= 4 is 5.91 Å². The lowest BCUT2D eigenvalue weighted by atomic mass is 9.82. The molecule has 0 aromatic rings. The first kappa shape index (κ1) is 13.8. The lowest BCUT2D eigenvalue weighted by molar-refractivity contribution is -0.124. The zero-order valence-corrected chi connectivity index (χ0v) is 11.4. The minimum atomic E-state index is -0.0929. The lowest BCUT2D eigenvalue weighted by Gasteiger charge is -2.35. The molecule has 2 fully saturated rings. The number of nitrogens with one attached hydrogen (secondary N) is 3. The summed E-state index contributed by atoms with van der Waals surface area (Å²) in [5.74, 6) is 0.113. The molecular formula is C13H25N3O2. The van der Waals surface area contributed by atoms with Crippen molar-refractivity contribution in [2.75, 3.05) is 32.8 Å². The Hall–Kier alpha value is -0.650. The van der Waals surface area contributed by atoms with Gasteiger partial charge in [-0.05, 0) is 25.2 Å². The Morgan fingerprint density at radius 3 is 2.67 bits per heavy atom. The van der Waals surface area contributed by atoms with E-state index >= 15 is 0 Å². The van der Waals surface area contributed by atoms with Crippen LogP contribution in [0.5, 0.6) is 0 Å². The number of carbonyl (C=O) groups is 1. The molecule has 5 nitrogen and oxygen atoms in total. The van der Waals surface area contributed by atoms with E-state index in [1.807, 2.05) is 0 Å². The van der Waals surface area contributed by atoms with Crippen molar-refractivity contribution in [2.24, 2.45) is 5.41 Å². The topological polar surface area (TPSA) is 62.4 Å². The van der Waals surface area contributed by atoms with Crippen LogP contribution < -0.4 is 16.0 Å². The van der Waals surface area contributed by atoms with E-state index < -0.39 is 0 Å². The van der Waals surface area contributed by atoms with Gasteiger partial charge in [-0.3, -0.25) is 4.79 Å². The summed E-state index contributed by atoms with van der Waals surface area (Å²) in [5.41, 5.74) is 0.198. The summed E-state index contributed by atoms with van der Waals surface area (Å²) in [6.45, 7) is 8.29. The van der Waals surface area contributed by atoms with E-state index in [0.29, 0.717) is 12.6 Å². The van der Waals surface area contributed by atoms with Crippen molar-refractivity contribution in [3.8, 4) is 0 Å². The van der Waals surface area contributed by atoms with Gasteiger partial charge in [-0.15, -0.1) is 0 Å². The van der Waals surface area contributed by atoms with Crippen LogP contribution in [-0.4, -0.2) is 50.8 Å².